The minimum Gasteiger partial charge on any atom is -0.383 e. The molecule has 0 spiro atoms. The summed E-state index contributed by atoms with van der Waals surface area (Å²) < 4.78 is 5.11. The number of ether oxygens (including phenoxy) is 1. The van der Waals surface area contributed by atoms with Gasteiger partial charge in [-0.15, -0.1) is 0 Å². The third kappa shape index (κ3) is 5.01. The Kier molecular flexibility index (Phi) is 6.72. The molecule has 0 radical (unpaired) electrons. The summed E-state index contributed by atoms with van der Waals surface area (Å²) in [5.41, 5.74) is 0. The van der Waals surface area contributed by atoms with Crippen molar-refractivity contribution in [1.29, 1.82) is 0 Å². The summed E-state index contributed by atoms with van der Waals surface area (Å²) in [6.45, 7) is 10.6. The van der Waals surface area contributed by atoms with Crippen molar-refractivity contribution in [3.8, 4) is 0 Å². The number of amides is 1. The van der Waals surface area contributed by atoms with Gasteiger partial charge in [0.05, 0.1) is 6.61 Å². The van der Waals surface area contributed by atoms with E-state index in [4.69, 9.17) is 4.74 Å². The van der Waals surface area contributed by atoms with Gasteiger partial charge in [0, 0.05) is 79.0 Å². The van der Waals surface area contributed by atoms with E-state index in [1.54, 1.807) is 7.11 Å². The zero-order valence-electron chi connectivity index (χ0n) is 12.6. The van der Waals surface area contributed by atoms with E-state index in [2.05, 4.69) is 15.1 Å². The SMILES string of the molecule is COCCN1CCN(CCC(=O)N2CCNCC2)CC1. The van der Waals surface area contributed by atoms with Gasteiger partial charge in [-0.1, -0.05) is 0 Å². The lowest BCUT2D eigenvalue weighted by molar-refractivity contribution is -0.132. The molecule has 20 heavy (non-hydrogen) atoms. The number of rotatable bonds is 6. The van der Waals surface area contributed by atoms with Crippen molar-refractivity contribution in [2.75, 3.05) is 79.2 Å². The summed E-state index contributed by atoms with van der Waals surface area (Å²) in [6, 6.07) is 0. The first-order valence-electron chi connectivity index (χ1n) is 7.72. The number of nitrogens with one attached hydrogen (secondary N) is 1. The van der Waals surface area contributed by atoms with Gasteiger partial charge in [0.25, 0.3) is 0 Å². The zero-order valence-corrected chi connectivity index (χ0v) is 12.6. The van der Waals surface area contributed by atoms with Crippen molar-refractivity contribution in [2.24, 2.45) is 0 Å². The van der Waals surface area contributed by atoms with Crippen LogP contribution in [0.2, 0.25) is 0 Å². The Morgan fingerprint density at radius 1 is 1.00 bits per heavy atom. The molecular formula is C14H28N4O2. The Labute approximate surface area is 122 Å². The van der Waals surface area contributed by atoms with Crippen LogP contribution >= 0.6 is 0 Å². The van der Waals surface area contributed by atoms with Crippen LogP contribution in [0.5, 0.6) is 0 Å². The van der Waals surface area contributed by atoms with Gasteiger partial charge in [0.15, 0.2) is 0 Å². The van der Waals surface area contributed by atoms with Crippen LogP contribution in [0.25, 0.3) is 0 Å². The normalized spacial score (nSPS) is 22.1. The Morgan fingerprint density at radius 2 is 1.60 bits per heavy atom. The molecule has 0 aromatic heterocycles. The highest BCUT2D eigenvalue weighted by Gasteiger charge is 2.19. The van der Waals surface area contributed by atoms with Crippen molar-refractivity contribution in [1.82, 2.24) is 20.0 Å². The maximum Gasteiger partial charge on any atom is 0.223 e. The smallest absolute Gasteiger partial charge is 0.223 e. The van der Waals surface area contributed by atoms with E-state index in [0.717, 1.165) is 72.1 Å². The summed E-state index contributed by atoms with van der Waals surface area (Å²) in [7, 11) is 1.75. The summed E-state index contributed by atoms with van der Waals surface area (Å²) in [4.78, 5) is 18.9. The van der Waals surface area contributed by atoms with E-state index >= 15 is 0 Å². The topological polar surface area (TPSA) is 48.1 Å². The summed E-state index contributed by atoms with van der Waals surface area (Å²) in [5, 5.41) is 3.28. The van der Waals surface area contributed by atoms with E-state index < -0.39 is 0 Å². The molecule has 6 nitrogen and oxygen atoms in total. The van der Waals surface area contributed by atoms with Gasteiger partial charge in [-0.2, -0.15) is 0 Å². The van der Waals surface area contributed by atoms with E-state index in [0.29, 0.717) is 12.3 Å². The molecule has 0 saturated carbocycles. The molecule has 2 rings (SSSR count). The van der Waals surface area contributed by atoms with Crippen LogP contribution in [0.3, 0.4) is 0 Å². The van der Waals surface area contributed by atoms with Gasteiger partial charge in [-0.05, 0) is 0 Å². The molecule has 2 aliphatic rings. The molecule has 2 heterocycles. The number of piperazine rings is 2. The van der Waals surface area contributed by atoms with Crippen molar-refractivity contribution in [2.45, 2.75) is 6.42 Å². The molecule has 2 saturated heterocycles. The molecule has 0 bridgehead atoms. The molecule has 0 atom stereocenters. The second-order valence-electron chi connectivity index (χ2n) is 5.56. The van der Waals surface area contributed by atoms with E-state index in [-0.39, 0.29) is 0 Å². The van der Waals surface area contributed by atoms with E-state index in [1.165, 1.54) is 0 Å². The molecule has 2 fully saturated rings. The molecular weight excluding hydrogens is 256 g/mol. The predicted octanol–water partition coefficient (Wildman–Crippen LogP) is -0.928. The second-order valence-corrected chi connectivity index (χ2v) is 5.56. The van der Waals surface area contributed by atoms with Gasteiger partial charge < -0.3 is 19.9 Å². The molecule has 6 heteroatoms. The average molecular weight is 284 g/mol. The minimum absolute atomic E-state index is 0.313. The lowest BCUT2D eigenvalue weighted by Gasteiger charge is -2.35. The van der Waals surface area contributed by atoms with Gasteiger partial charge in [-0.3, -0.25) is 9.69 Å². The van der Waals surface area contributed by atoms with Crippen LogP contribution in [-0.4, -0.2) is 99.8 Å². The highest BCUT2D eigenvalue weighted by atomic mass is 16.5. The van der Waals surface area contributed by atoms with Crippen LogP contribution < -0.4 is 5.32 Å². The van der Waals surface area contributed by atoms with Crippen molar-refractivity contribution in [3.63, 3.8) is 0 Å². The fourth-order valence-electron chi connectivity index (χ4n) is 2.78. The molecule has 1 amide bonds. The van der Waals surface area contributed by atoms with Gasteiger partial charge in [0.1, 0.15) is 0 Å². The van der Waals surface area contributed by atoms with Crippen LogP contribution in [0.15, 0.2) is 0 Å². The molecule has 2 aliphatic heterocycles. The van der Waals surface area contributed by atoms with Crippen LogP contribution in [0, 0.1) is 0 Å². The van der Waals surface area contributed by atoms with Crippen LogP contribution in [-0.2, 0) is 9.53 Å². The molecule has 0 aromatic carbocycles. The third-order valence-corrected chi connectivity index (χ3v) is 4.19. The summed E-state index contributed by atoms with van der Waals surface area (Å²) in [5.74, 6) is 0.313. The Balaban J connectivity index is 1.59. The number of hydrogen-bond acceptors (Lipinski definition) is 5. The highest BCUT2D eigenvalue weighted by molar-refractivity contribution is 5.76. The molecule has 116 valence electrons. The number of methoxy groups -OCH3 is 1. The lowest BCUT2D eigenvalue weighted by Crippen LogP contribution is -2.49. The molecule has 0 aromatic rings. The van der Waals surface area contributed by atoms with E-state index in [1.807, 2.05) is 4.90 Å². The fourth-order valence-corrected chi connectivity index (χ4v) is 2.78. The maximum atomic E-state index is 12.1. The number of carbonyl (C=O) groups excluding carboxylic acids is 1. The van der Waals surface area contributed by atoms with Gasteiger partial charge >= 0.3 is 0 Å². The molecule has 0 aliphatic carbocycles. The van der Waals surface area contributed by atoms with E-state index in [9.17, 15) is 4.79 Å². The number of nitrogens with zero attached hydrogens (tertiary/aromatic N) is 3. The van der Waals surface area contributed by atoms with Gasteiger partial charge in [0.2, 0.25) is 5.91 Å². The first-order chi connectivity index (χ1) is 9.79. The Morgan fingerprint density at radius 3 is 2.20 bits per heavy atom. The van der Waals surface area contributed by atoms with Crippen molar-refractivity contribution >= 4 is 5.91 Å². The Bertz CT molecular complexity index is 287. The zero-order chi connectivity index (χ0) is 14.2. The molecule has 1 N–H and O–H groups in total. The second kappa shape index (κ2) is 8.56. The Hall–Kier alpha value is -0.690. The highest BCUT2D eigenvalue weighted by Crippen LogP contribution is 2.04. The third-order valence-electron chi connectivity index (χ3n) is 4.19. The summed E-state index contributed by atoms with van der Waals surface area (Å²) in [6.07, 6.45) is 0.665. The number of carbonyl (C=O) groups is 1. The standard InChI is InChI=1S/C14H28N4O2/c1-20-13-12-17-10-8-16(9-11-17)5-2-14(19)18-6-3-15-4-7-18/h15H,2-13H2,1H3. The van der Waals surface area contributed by atoms with Crippen LogP contribution in [0.4, 0.5) is 0 Å². The number of hydrogen-bond donors (Lipinski definition) is 1. The largest absolute Gasteiger partial charge is 0.383 e. The fraction of sp³-hybridized carbons (Fsp3) is 0.929. The first kappa shape index (κ1) is 15.7. The monoisotopic (exact) mass is 284 g/mol. The lowest BCUT2D eigenvalue weighted by atomic mass is 10.2. The first-order valence-corrected chi connectivity index (χ1v) is 7.72. The quantitative estimate of drug-likeness (QED) is 0.683. The predicted molar refractivity (Wildman–Crippen MR) is 78.8 cm³/mol. The summed E-state index contributed by atoms with van der Waals surface area (Å²) >= 11 is 0. The molecule has 0 unspecified atom stereocenters. The maximum absolute atomic E-state index is 12.1. The van der Waals surface area contributed by atoms with Crippen molar-refractivity contribution in [3.05, 3.63) is 0 Å². The minimum atomic E-state index is 0.313. The van der Waals surface area contributed by atoms with Crippen LogP contribution in [0.1, 0.15) is 6.42 Å². The van der Waals surface area contributed by atoms with Gasteiger partial charge in [-0.25, -0.2) is 0 Å². The van der Waals surface area contributed by atoms with Crippen molar-refractivity contribution < 1.29 is 9.53 Å². The average Bonchev–Trinajstić information content (AvgIpc) is 2.52.